The molecule has 2 aliphatic heterocycles. The molecule has 716 valence electrons. The van der Waals surface area contributed by atoms with E-state index in [-0.39, 0.29) is 16.7 Å². The fourth-order valence-electron chi connectivity index (χ4n) is 20.3. The molecule has 0 spiro atoms. The zero-order chi connectivity index (χ0) is 119. The molecule has 0 amide bonds. The van der Waals surface area contributed by atoms with Gasteiger partial charge in [-0.05, 0) is 339 Å². The monoisotopic (exact) mass is 1850 g/mol. The highest BCUT2D eigenvalue weighted by atomic mass is 15.2. The molecule has 0 unspecified atom stereocenters. The van der Waals surface area contributed by atoms with Crippen molar-refractivity contribution in [2.24, 2.45) is 59.6 Å². The highest BCUT2D eigenvalue weighted by Gasteiger charge is 2.47. The van der Waals surface area contributed by atoms with E-state index >= 15 is 0 Å². The molecule has 0 atom stereocenters. The molecule has 0 radical (unpaired) electrons. The first-order valence-electron chi connectivity index (χ1n) is 60.7. The maximum atomic E-state index is 11.5. The Morgan fingerprint density at radius 3 is 0.638 bits per heavy atom. The minimum atomic E-state index is -2.40. The van der Waals surface area contributed by atoms with Crippen molar-refractivity contribution in [3.05, 3.63) is 304 Å². The van der Waals surface area contributed by atoms with Crippen molar-refractivity contribution < 1.29 is 30.2 Å². The molecule has 5 heteroatoms. The maximum absolute atomic E-state index is 11.5. The highest BCUT2D eigenvalue weighted by Crippen LogP contribution is 2.57. The SMILES string of the molecule is [2H]C([2H])(c1cccc(-c2cc(C([2H])([2H])C(C)(C)C)cc(-c3cccc(C([2H])([2H])C(C)(C)C)c3)c2N2c3cc(-n4c5ccc(C([2H])([2H])C(C)(C)C)cc5c5cc(C([2H])([2H])C(C)(C)C)ccc54)ccc3B3c4ccc(-n5c6ccc(C([2H])([2H])C(C)(C)C)cc6c6cc(C([2H])([2H])C(C)(C)C)ccc65)cc4N(c4c(-c5cccc(C([2H])([2H])C(C)(C)C)c5)cc(C([2H])([2H])C(C)(C)C)cc4-c4cccc(C([2H])([2H])C(C)(C)C)c4)c4cc(C([2H])([2H])C(C)(C)C)cc2c43)c1)C(C)(C)C. The average molecular weight is 1850 g/mol. The van der Waals surface area contributed by atoms with Gasteiger partial charge < -0.3 is 18.9 Å². The van der Waals surface area contributed by atoms with Gasteiger partial charge in [0.05, 0.1) is 33.4 Å². The zero-order valence-electron chi connectivity index (χ0n) is 110. The van der Waals surface area contributed by atoms with Gasteiger partial charge in [-0.1, -0.05) is 362 Å². The van der Waals surface area contributed by atoms with Crippen LogP contribution in [0.4, 0.5) is 34.1 Å². The quantitative estimate of drug-likeness (QED) is 0.0750. The van der Waals surface area contributed by atoms with Crippen molar-refractivity contribution in [3.8, 4) is 55.9 Å². The van der Waals surface area contributed by atoms with E-state index in [1.807, 2.05) is 410 Å². The van der Waals surface area contributed by atoms with E-state index in [0.717, 1.165) is 0 Å². The van der Waals surface area contributed by atoms with Gasteiger partial charge in [0.2, 0.25) is 0 Å². The first kappa shape index (κ1) is 74.2. The summed E-state index contributed by atoms with van der Waals surface area (Å²) in [6.45, 7) is 60.2. The third-order valence-electron chi connectivity index (χ3n) is 24.2. The Bertz CT molecular complexity index is 7540. The number of aromatic nitrogens is 2. The molecular formula is C133H161BN4. The van der Waals surface area contributed by atoms with Gasteiger partial charge in [0.25, 0.3) is 6.71 Å². The van der Waals surface area contributed by atoms with Crippen molar-refractivity contribution in [3.63, 3.8) is 0 Å². The van der Waals surface area contributed by atoms with E-state index in [4.69, 9.17) is 0 Å². The summed E-state index contributed by atoms with van der Waals surface area (Å²) in [5.41, 5.74) is 3.15. The molecule has 2 aromatic heterocycles. The Morgan fingerprint density at radius 2 is 0.413 bits per heavy atom. The topological polar surface area (TPSA) is 16.3 Å². The normalized spacial score (nSPS) is 17.3. The lowest BCUT2D eigenvalue weighted by Crippen LogP contribution is -2.61. The molecule has 0 N–H and O–H groups in total. The molecule has 4 nitrogen and oxygen atoms in total. The Hall–Kier alpha value is -10.9. The summed E-state index contributed by atoms with van der Waals surface area (Å²) in [4.78, 5) is 4.32. The van der Waals surface area contributed by atoms with E-state index in [1.54, 1.807) is 24.3 Å². The summed E-state index contributed by atoms with van der Waals surface area (Å²) >= 11 is 0. The van der Waals surface area contributed by atoms with E-state index in [1.165, 1.54) is 0 Å². The highest BCUT2D eigenvalue weighted by molar-refractivity contribution is 7.00. The van der Waals surface area contributed by atoms with Gasteiger partial charge in [-0.25, -0.2) is 0 Å². The molecule has 0 fully saturated rings. The number of hydrogen-bond donors (Lipinski definition) is 0. The van der Waals surface area contributed by atoms with Crippen LogP contribution in [0.3, 0.4) is 0 Å². The van der Waals surface area contributed by atoms with Crippen molar-refractivity contribution in [2.45, 2.75) is 299 Å². The van der Waals surface area contributed by atoms with Crippen LogP contribution in [0.1, 0.15) is 320 Å². The van der Waals surface area contributed by atoms with Gasteiger partial charge in [0.1, 0.15) is 0 Å². The second-order valence-corrected chi connectivity index (χ2v) is 50.4. The van der Waals surface area contributed by atoms with Crippen LogP contribution in [-0.4, -0.2) is 15.8 Å². The molecule has 4 heterocycles. The summed E-state index contributed by atoms with van der Waals surface area (Å²) in [7, 11) is 0. The van der Waals surface area contributed by atoms with Crippen LogP contribution in [0.15, 0.2) is 243 Å². The number of hydrogen-bond acceptors (Lipinski definition) is 2. The molecule has 15 aromatic rings. The second kappa shape index (κ2) is 35.7. The van der Waals surface area contributed by atoms with Crippen LogP contribution >= 0.6 is 0 Å². The van der Waals surface area contributed by atoms with Gasteiger partial charge in [0, 0.05) is 108 Å². The van der Waals surface area contributed by atoms with E-state index < -0.39 is 136 Å². The third-order valence-corrected chi connectivity index (χ3v) is 24.2. The summed E-state index contributed by atoms with van der Waals surface area (Å²) < 4.78 is 233. The van der Waals surface area contributed by atoms with Crippen molar-refractivity contribution >= 4 is 101 Å². The van der Waals surface area contributed by atoms with Crippen LogP contribution in [0.5, 0.6) is 0 Å². The van der Waals surface area contributed by atoms with Crippen LogP contribution in [0.2, 0.25) is 0 Å². The lowest BCUT2D eigenvalue weighted by atomic mass is 9.33. The van der Waals surface area contributed by atoms with E-state index in [9.17, 15) is 30.2 Å². The maximum Gasteiger partial charge on any atom is 0.252 e. The largest absolute Gasteiger partial charge is 0.310 e. The molecule has 0 bridgehead atoms. The van der Waals surface area contributed by atoms with E-state index in [2.05, 4.69) is 55.3 Å². The first-order valence-corrected chi connectivity index (χ1v) is 49.7. The number of nitrogens with zero attached hydrogens (tertiary/aromatic N) is 4. The minimum absolute atomic E-state index is 0.147. The van der Waals surface area contributed by atoms with Gasteiger partial charge in [-0.3, -0.25) is 0 Å². The lowest BCUT2D eigenvalue weighted by molar-refractivity contribution is 0.410. The van der Waals surface area contributed by atoms with Gasteiger partial charge in [-0.15, -0.1) is 0 Å². The first-order chi connectivity index (χ1) is 72.7. The second-order valence-electron chi connectivity index (χ2n) is 50.4. The predicted octanol–water partition coefficient (Wildman–Crippen LogP) is 36.1. The molecule has 138 heavy (non-hydrogen) atoms. The molecule has 17 rings (SSSR count). The summed E-state index contributed by atoms with van der Waals surface area (Å²) in [6, 6.07) is 75.9. The van der Waals surface area contributed by atoms with Gasteiger partial charge in [0.15, 0.2) is 0 Å². The minimum Gasteiger partial charge on any atom is -0.310 e. The molecule has 0 aliphatic carbocycles. The van der Waals surface area contributed by atoms with Crippen LogP contribution in [0.25, 0.3) is 99.5 Å². The van der Waals surface area contributed by atoms with Crippen molar-refractivity contribution in [1.82, 2.24) is 9.13 Å². The Morgan fingerprint density at radius 1 is 0.203 bits per heavy atom. The Labute approximate surface area is 863 Å². The Balaban J connectivity index is 1.18. The average Bonchev–Trinajstić information content (AvgIpc) is 0.767. The van der Waals surface area contributed by atoms with Crippen molar-refractivity contribution in [2.75, 3.05) is 9.80 Å². The number of anilines is 6. The third kappa shape index (κ3) is 22.3. The molecule has 13 aromatic carbocycles. The predicted molar refractivity (Wildman–Crippen MR) is 606 cm³/mol. The molecule has 0 saturated carbocycles. The van der Waals surface area contributed by atoms with Gasteiger partial charge >= 0.3 is 0 Å². The van der Waals surface area contributed by atoms with Crippen LogP contribution < -0.4 is 26.2 Å². The zero-order valence-corrected chi connectivity index (χ0v) is 88.5. The van der Waals surface area contributed by atoms with Crippen LogP contribution in [-0.2, 0) is 70.1 Å². The standard InChI is InChI=1S/C133H161BN4/c1-123(2,3)74-85-38-34-42-96(58-85)102-66-93(82-131(25,26)27)67-103(97-43-35-39-86(59-97)75-124(4,5)6)121(102)137-116-72-100(135-112-54-46-89(78-127(13,14)15)62-106(112)107-63-90(47-55-113(107)135)79-128(16,17)18)50-52-110(116)134-111-53-51-101(136-114-56-48-91(80-129(19,20)21)64-108(114)109-65-92(49-57-115(109)136)81-130(22,23)24)73-117(111)138(119-71-95(84-133(31,32)33)70-118(137)120(119)134)122-104(98-44-36-40-87(60-98)76-125(7,8)9)68-94(83-132(28,29)30)69-105(122)99-45-37-41-88(61-99)77-126(10,11)12/h34-73H,74-84H2,1-33H3/i74D2,75D2,76D2,77D2,78D2,79D2,80D2,81D2,82D2,83D2,84D2. The Kier molecular flexibility index (Phi) is 19.2. The van der Waals surface area contributed by atoms with Crippen molar-refractivity contribution in [1.29, 1.82) is 0 Å². The fourth-order valence-corrected chi connectivity index (χ4v) is 20.3. The van der Waals surface area contributed by atoms with Gasteiger partial charge in [-0.2, -0.15) is 0 Å². The molecular weight excluding hydrogens is 1660 g/mol. The lowest BCUT2D eigenvalue weighted by Gasteiger charge is -2.46. The molecule has 2 aliphatic rings. The summed E-state index contributed by atoms with van der Waals surface area (Å²) in [5.74, 6) is 0. The molecule has 0 saturated heterocycles. The number of benzene rings is 13. The number of fused-ring (bicyclic) bond motifs is 10. The van der Waals surface area contributed by atoms with Crippen LogP contribution in [0, 0.1) is 59.6 Å². The summed E-state index contributed by atoms with van der Waals surface area (Å²) in [6.07, 6.45) is -22.8. The number of rotatable bonds is 19. The van der Waals surface area contributed by atoms with E-state index in [0.29, 0.717) is 195 Å². The summed E-state index contributed by atoms with van der Waals surface area (Å²) in [5, 5.41) is 2.51. The smallest absolute Gasteiger partial charge is 0.252 e. The fraction of sp³-hybridized carbons (Fsp3) is 0.414.